The van der Waals surface area contributed by atoms with Crippen molar-refractivity contribution < 1.29 is 93.9 Å². The minimum atomic E-state index is -1.42. The number of carbonyl (C=O) groups excluding carboxylic acids is 2. The van der Waals surface area contributed by atoms with Gasteiger partial charge in [0.1, 0.15) is 6.04 Å². The monoisotopic (exact) mass is 420 g/mol. The molecule has 0 radical (unpaired) electrons. The van der Waals surface area contributed by atoms with Crippen molar-refractivity contribution in [2.24, 2.45) is 0 Å². The number of hydrogen-bond donors (Lipinski definition) is 2. The fourth-order valence-corrected chi connectivity index (χ4v) is 2.64. The van der Waals surface area contributed by atoms with Crippen LogP contribution in [0, 0.1) is 0 Å². The molecule has 4 unspecified atom stereocenters. The number of carboxylic acid groups (broad SMARTS) is 3. The molecule has 0 aromatic carbocycles. The number of aliphatic carboxylic acids is 3. The third kappa shape index (κ3) is 12.1. The van der Waals surface area contributed by atoms with Crippen LogP contribution >= 0.6 is 0 Å². The van der Waals surface area contributed by atoms with Gasteiger partial charge in [-0.2, -0.15) is 0 Å². The SMILES string of the molecule is CCCCC(O)CN(CCN(C(C)C(=O)[O-])C(C)C(=O)O)C(C)C(=O)[O-].[Na+].[Na+]. The van der Waals surface area contributed by atoms with E-state index in [-0.39, 0.29) is 78.7 Å². The van der Waals surface area contributed by atoms with E-state index in [0.717, 1.165) is 12.8 Å². The maximum atomic E-state index is 11.2. The van der Waals surface area contributed by atoms with Gasteiger partial charge in [-0.3, -0.25) is 14.6 Å². The molecule has 4 atom stereocenters. The van der Waals surface area contributed by atoms with Crippen LogP contribution in [0.5, 0.6) is 0 Å². The van der Waals surface area contributed by atoms with Crippen molar-refractivity contribution in [1.29, 1.82) is 0 Å². The number of carboxylic acids is 3. The van der Waals surface area contributed by atoms with Crippen LogP contribution in [0.3, 0.4) is 0 Å². The van der Waals surface area contributed by atoms with Gasteiger partial charge < -0.3 is 30.0 Å². The molecule has 28 heavy (non-hydrogen) atoms. The van der Waals surface area contributed by atoms with E-state index in [2.05, 4.69) is 0 Å². The molecule has 0 fully saturated rings. The molecule has 0 amide bonds. The van der Waals surface area contributed by atoms with E-state index in [9.17, 15) is 34.8 Å². The second kappa shape index (κ2) is 17.0. The molecule has 0 saturated carbocycles. The van der Waals surface area contributed by atoms with Gasteiger partial charge in [-0.25, -0.2) is 0 Å². The number of aliphatic hydroxyl groups is 1. The number of hydrogen-bond acceptors (Lipinski definition) is 8. The molecule has 11 heteroatoms. The Morgan fingerprint density at radius 3 is 1.82 bits per heavy atom. The zero-order valence-corrected chi connectivity index (χ0v) is 21.9. The minimum absolute atomic E-state index is 0. The van der Waals surface area contributed by atoms with Crippen molar-refractivity contribution in [2.75, 3.05) is 19.6 Å². The van der Waals surface area contributed by atoms with E-state index in [0.29, 0.717) is 6.42 Å². The van der Waals surface area contributed by atoms with Gasteiger partial charge in [0.15, 0.2) is 0 Å². The maximum absolute atomic E-state index is 11.2. The van der Waals surface area contributed by atoms with Crippen LogP contribution in [0.4, 0.5) is 0 Å². The third-order valence-corrected chi connectivity index (χ3v) is 4.56. The van der Waals surface area contributed by atoms with E-state index in [4.69, 9.17) is 0 Å². The Hall–Kier alpha value is 0.290. The fraction of sp³-hybridized carbons (Fsp3) is 0.824. The first-order valence-electron chi connectivity index (χ1n) is 8.85. The normalized spacial score (nSPS) is 15.1. The number of carbonyl (C=O) groups is 3. The standard InChI is InChI=1S/C17H32N2O7.2Na/c1-5-6-7-14(20)10-18(11(2)15(21)22)8-9-19(12(3)16(23)24)13(4)17(25)26;;/h11-14,20H,5-10H2,1-4H3,(H,21,22)(H,23,24)(H,25,26);;/q;2*+1/p-2. The molecular formula is C17H30N2Na2O7. The van der Waals surface area contributed by atoms with Crippen LogP contribution in [0.25, 0.3) is 0 Å². The summed E-state index contributed by atoms with van der Waals surface area (Å²) in [5.74, 6) is -3.93. The number of rotatable bonds is 14. The Labute approximate surface area is 211 Å². The molecular weight excluding hydrogens is 390 g/mol. The van der Waals surface area contributed by atoms with Crippen LogP contribution in [-0.4, -0.2) is 81.8 Å². The van der Waals surface area contributed by atoms with Crippen molar-refractivity contribution >= 4 is 17.9 Å². The zero-order chi connectivity index (χ0) is 20.4. The average molecular weight is 420 g/mol. The van der Waals surface area contributed by atoms with Gasteiger partial charge in [-0.05, 0) is 27.2 Å². The Morgan fingerprint density at radius 1 is 0.929 bits per heavy atom. The summed E-state index contributed by atoms with van der Waals surface area (Å²) < 4.78 is 0. The van der Waals surface area contributed by atoms with Gasteiger partial charge in [0.2, 0.25) is 0 Å². The van der Waals surface area contributed by atoms with Gasteiger partial charge in [-0.15, -0.1) is 0 Å². The molecule has 0 aliphatic heterocycles. The summed E-state index contributed by atoms with van der Waals surface area (Å²) in [6.45, 7) is 6.18. The van der Waals surface area contributed by atoms with Crippen LogP contribution < -0.4 is 69.3 Å². The van der Waals surface area contributed by atoms with E-state index in [1.165, 1.54) is 30.6 Å². The second-order valence-electron chi connectivity index (χ2n) is 6.53. The summed E-state index contributed by atoms with van der Waals surface area (Å²) in [6, 6.07) is -3.26. The third-order valence-electron chi connectivity index (χ3n) is 4.56. The molecule has 0 aliphatic carbocycles. The largest absolute Gasteiger partial charge is 1.00 e. The van der Waals surface area contributed by atoms with Gasteiger partial charge in [0, 0.05) is 31.7 Å². The first kappa shape index (κ1) is 32.9. The molecule has 0 aliphatic rings. The van der Waals surface area contributed by atoms with Gasteiger partial charge in [-0.1, -0.05) is 19.8 Å². The molecule has 0 saturated heterocycles. The van der Waals surface area contributed by atoms with Gasteiger partial charge in [0.25, 0.3) is 0 Å². The molecule has 0 aromatic heterocycles. The van der Waals surface area contributed by atoms with E-state index in [1.54, 1.807) is 0 Å². The molecule has 9 nitrogen and oxygen atoms in total. The molecule has 0 heterocycles. The summed E-state index contributed by atoms with van der Waals surface area (Å²) in [5, 5.41) is 41.6. The molecule has 0 spiro atoms. The number of nitrogens with zero attached hydrogens (tertiary/aromatic N) is 2. The first-order chi connectivity index (χ1) is 12.0. The summed E-state index contributed by atoms with van der Waals surface area (Å²) in [4.78, 5) is 36.3. The van der Waals surface area contributed by atoms with Crippen molar-refractivity contribution in [1.82, 2.24) is 9.80 Å². The Kier molecular flexibility index (Phi) is 20.0. The first-order valence-corrected chi connectivity index (χ1v) is 8.85. The second-order valence-corrected chi connectivity index (χ2v) is 6.53. The molecule has 152 valence electrons. The fourth-order valence-electron chi connectivity index (χ4n) is 2.64. The Morgan fingerprint density at radius 2 is 1.43 bits per heavy atom. The zero-order valence-electron chi connectivity index (χ0n) is 17.9. The molecule has 2 N–H and O–H groups in total. The number of aliphatic hydroxyl groups excluding tert-OH is 1. The maximum Gasteiger partial charge on any atom is 1.00 e. The van der Waals surface area contributed by atoms with E-state index in [1.807, 2.05) is 6.92 Å². The summed E-state index contributed by atoms with van der Waals surface area (Å²) in [6.07, 6.45) is 1.46. The quantitative estimate of drug-likeness (QED) is 0.262. The number of unbranched alkanes of at least 4 members (excludes halogenated alkanes) is 1. The van der Waals surface area contributed by atoms with Crippen molar-refractivity contribution in [2.45, 2.75) is 71.2 Å². The van der Waals surface area contributed by atoms with Gasteiger partial charge >= 0.3 is 65.1 Å². The predicted molar refractivity (Wildman–Crippen MR) is 89.8 cm³/mol. The summed E-state index contributed by atoms with van der Waals surface area (Å²) in [5.41, 5.74) is 0. The summed E-state index contributed by atoms with van der Waals surface area (Å²) >= 11 is 0. The van der Waals surface area contributed by atoms with Crippen molar-refractivity contribution in [3.05, 3.63) is 0 Å². The van der Waals surface area contributed by atoms with Crippen LogP contribution in [-0.2, 0) is 14.4 Å². The summed E-state index contributed by atoms with van der Waals surface area (Å²) in [7, 11) is 0. The molecule has 0 rings (SSSR count). The van der Waals surface area contributed by atoms with Crippen molar-refractivity contribution in [3.63, 3.8) is 0 Å². The minimum Gasteiger partial charge on any atom is -0.548 e. The predicted octanol–water partition coefficient (Wildman–Crippen LogP) is -8.10. The Balaban J connectivity index is -0.00000312. The smallest absolute Gasteiger partial charge is 0.548 e. The van der Waals surface area contributed by atoms with E-state index < -0.39 is 42.1 Å². The van der Waals surface area contributed by atoms with Crippen LogP contribution in [0.1, 0.15) is 47.0 Å². The topological polar surface area (TPSA) is 144 Å². The van der Waals surface area contributed by atoms with E-state index >= 15 is 0 Å². The molecule has 0 bridgehead atoms. The Bertz CT molecular complexity index is 462. The molecule has 0 aromatic rings. The van der Waals surface area contributed by atoms with Crippen LogP contribution in [0.15, 0.2) is 0 Å². The average Bonchev–Trinajstić information content (AvgIpc) is 2.57. The van der Waals surface area contributed by atoms with Crippen molar-refractivity contribution in [3.8, 4) is 0 Å². The van der Waals surface area contributed by atoms with Gasteiger partial charge in [0.05, 0.1) is 18.0 Å². The van der Waals surface area contributed by atoms with Crippen LogP contribution in [0.2, 0.25) is 0 Å².